The zero-order chi connectivity index (χ0) is 20.4. The molecule has 3 rings (SSSR count). The SMILES string of the molecule is CC(C)(C)c1ccc(NC(=O)/C=C/c2ccc(S(=O)(=O)NC3CC3)cc2)cc1. The van der Waals surface area contributed by atoms with Crippen molar-refractivity contribution in [1.82, 2.24) is 4.72 Å². The van der Waals surface area contributed by atoms with Gasteiger partial charge in [0.15, 0.2) is 0 Å². The van der Waals surface area contributed by atoms with Gasteiger partial charge in [-0.15, -0.1) is 0 Å². The second kappa shape index (κ2) is 7.89. The number of nitrogens with one attached hydrogen (secondary N) is 2. The lowest BCUT2D eigenvalue weighted by atomic mass is 9.87. The third-order valence-electron chi connectivity index (χ3n) is 4.54. The summed E-state index contributed by atoms with van der Waals surface area (Å²) in [7, 11) is -3.45. The third kappa shape index (κ3) is 5.53. The van der Waals surface area contributed by atoms with E-state index in [4.69, 9.17) is 0 Å². The third-order valence-corrected chi connectivity index (χ3v) is 6.07. The Hall–Kier alpha value is -2.44. The van der Waals surface area contributed by atoms with E-state index < -0.39 is 10.0 Å². The van der Waals surface area contributed by atoms with Crippen LogP contribution in [-0.2, 0) is 20.2 Å². The fourth-order valence-corrected chi connectivity index (χ4v) is 3.96. The van der Waals surface area contributed by atoms with E-state index in [1.165, 1.54) is 11.6 Å². The molecule has 1 aliphatic carbocycles. The molecule has 6 heteroatoms. The summed E-state index contributed by atoms with van der Waals surface area (Å²) < 4.78 is 27.0. The van der Waals surface area contributed by atoms with Gasteiger partial charge in [-0.2, -0.15) is 0 Å². The number of benzene rings is 2. The van der Waals surface area contributed by atoms with Gasteiger partial charge in [0.05, 0.1) is 4.90 Å². The van der Waals surface area contributed by atoms with Crippen molar-refractivity contribution >= 4 is 27.7 Å². The highest BCUT2D eigenvalue weighted by atomic mass is 32.2. The first-order chi connectivity index (χ1) is 13.1. The van der Waals surface area contributed by atoms with Crippen LogP contribution in [0.15, 0.2) is 59.5 Å². The second-order valence-corrected chi connectivity index (χ2v) is 9.83. The maximum atomic E-state index is 12.2. The molecule has 2 N–H and O–H groups in total. The summed E-state index contributed by atoms with van der Waals surface area (Å²) in [5.41, 5.74) is 2.75. The molecule has 1 aliphatic rings. The molecule has 0 saturated heterocycles. The minimum atomic E-state index is -3.45. The number of amides is 1. The van der Waals surface area contributed by atoms with Crippen LogP contribution in [0.2, 0.25) is 0 Å². The summed E-state index contributed by atoms with van der Waals surface area (Å²) in [5, 5.41) is 2.82. The van der Waals surface area contributed by atoms with Crippen molar-refractivity contribution in [3.8, 4) is 0 Å². The second-order valence-electron chi connectivity index (χ2n) is 8.11. The van der Waals surface area contributed by atoms with Crippen molar-refractivity contribution in [1.29, 1.82) is 0 Å². The normalized spacial score (nSPS) is 15.0. The molecule has 0 unspecified atom stereocenters. The first kappa shape index (κ1) is 20.3. The molecule has 2 aromatic rings. The van der Waals surface area contributed by atoms with Crippen LogP contribution in [0.25, 0.3) is 6.08 Å². The van der Waals surface area contributed by atoms with Crippen molar-refractivity contribution in [2.75, 3.05) is 5.32 Å². The van der Waals surface area contributed by atoms with Crippen LogP contribution in [0.5, 0.6) is 0 Å². The smallest absolute Gasteiger partial charge is 0.248 e. The summed E-state index contributed by atoms with van der Waals surface area (Å²) in [6.45, 7) is 6.42. The Morgan fingerprint density at radius 2 is 1.61 bits per heavy atom. The molecule has 0 heterocycles. The standard InChI is InChI=1S/C22H26N2O3S/c1-22(2,3)17-7-9-18(10-8-17)23-21(25)15-6-16-4-13-20(14-5-16)28(26,27)24-19-11-12-19/h4-10,13-15,19,24H,11-12H2,1-3H3,(H,23,25)/b15-6+. The van der Waals surface area contributed by atoms with Crippen LogP contribution in [0.4, 0.5) is 5.69 Å². The fourth-order valence-electron chi connectivity index (χ4n) is 2.66. The van der Waals surface area contributed by atoms with E-state index in [2.05, 4.69) is 30.8 Å². The molecule has 28 heavy (non-hydrogen) atoms. The molecule has 1 saturated carbocycles. The molecule has 0 bridgehead atoms. The summed E-state index contributed by atoms with van der Waals surface area (Å²) in [4.78, 5) is 12.4. The van der Waals surface area contributed by atoms with E-state index in [1.807, 2.05) is 24.3 Å². The number of hydrogen-bond acceptors (Lipinski definition) is 3. The molecule has 148 valence electrons. The van der Waals surface area contributed by atoms with Crippen LogP contribution < -0.4 is 10.0 Å². The van der Waals surface area contributed by atoms with Crippen LogP contribution in [0.1, 0.15) is 44.7 Å². The van der Waals surface area contributed by atoms with Gasteiger partial charge in [0.1, 0.15) is 0 Å². The van der Waals surface area contributed by atoms with Crippen molar-refractivity contribution in [3.05, 3.63) is 65.7 Å². The molecule has 0 radical (unpaired) electrons. The van der Waals surface area contributed by atoms with E-state index >= 15 is 0 Å². The van der Waals surface area contributed by atoms with Gasteiger partial charge in [0.25, 0.3) is 0 Å². The Labute approximate surface area is 166 Å². The molecular weight excluding hydrogens is 372 g/mol. The molecule has 0 atom stereocenters. The van der Waals surface area contributed by atoms with Crippen LogP contribution in [-0.4, -0.2) is 20.4 Å². The molecule has 0 aliphatic heterocycles. The lowest BCUT2D eigenvalue weighted by molar-refractivity contribution is -0.111. The quantitative estimate of drug-likeness (QED) is 0.720. The molecule has 0 aromatic heterocycles. The Kier molecular flexibility index (Phi) is 5.72. The van der Waals surface area contributed by atoms with E-state index in [0.29, 0.717) is 0 Å². The number of sulfonamides is 1. The van der Waals surface area contributed by atoms with Gasteiger partial charge in [0.2, 0.25) is 15.9 Å². The maximum Gasteiger partial charge on any atom is 0.248 e. The predicted octanol–water partition coefficient (Wildman–Crippen LogP) is 4.08. The van der Waals surface area contributed by atoms with Gasteiger partial charge in [-0.05, 0) is 59.7 Å². The van der Waals surface area contributed by atoms with Crippen LogP contribution >= 0.6 is 0 Å². The highest BCUT2D eigenvalue weighted by Crippen LogP contribution is 2.24. The lowest BCUT2D eigenvalue weighted by Crippen LogP contribution is -2.25. The lowest BCUT2D eigenvalue weighted by Gasteiger charge is -2.19. The van der Waals surface area contributed by atoms with Gasteiger partial charge < -0.3 is 5.32 Å². The van der Waals surface area contributed by atoms with Crippen LogP contribution in [0, 0.1) is 0 Å². The summed E-state index contributed by atoms with van der Waals surface area (Å²) in [6, 6.07) is 14.3. The van der Waals surface area contributed by atoms with E-state index in [-0.39, 0.29) is 22.3 Å². The molecular formula is C22H26N2O3S. The number of carbonyl (C=O) groups is 1. The van der Waals surface area contributed by atoms with Gasteiger partial charge in [-0.25, -0.2) is 13.1 Å². The van der Waals surface area contributed by atoms with Crippen molar-refractivity contribution < 1.29 is 13.2 Å². The minimum Gasteiger partial charge on any atom is -0.323 e. The minimum absolute atomic E-state index is 0.0657. The predicted molar refractivity (Wildman–Crippen MR) is 113 cm³/mol. The summed E-state index contributed by atoms with van der Waals surface area (Å²) in [6.07, 6.45) is 4.88. The van der Waals surface area contributed by atoms with E-state index in [0.717, 1.165) is 24.1 Å². The average molecular weight is 399 g/mol. The first-order valence-electron chi connectivity index (χ1n) is 9.35. The highest BCUT2D eigenvalue weighted by molar-refractivity contribution is 7.89. The summed E-state index contributed by atoms with van der Waals surface area (Å²) >= 11 is 0. The molecule has 2 aromatic carbocycles. The van der Waals surface area contributed by atoms with Gasteiger partial charge in [0, 0.05) is 17.8 Å². The van der Waals surface area contributed by atoms with Gasteiger partial charge >= 0.3 is 0 Å². The zero-order valence-corrected chi connectivity index (χ0v) is 17.2. The maximum absolute atomic E-state index is 12.2. The van der Waals surface area contributed by atoms with Crippen molar-refractivity contribution in [2.24, 2.45) is 0 Å². The number of rotatable bonds is 6. The molecule has 1 amide bonds. The Balaban J connectivity index is 1.59. The molecule has 5 nitrogen and oxygen atoms in total. The van der Waals surface area contributed by atoms with Crippen LogP contribution in [0.3, 0.4) is 0 Å². The highest BCUT2D eigenvalue weighted by Gasteiger charge is 2.27. The Morgan fingerprint density at radius 3 is 2.14 bits per heavy atom. The topological polar surface area (TPSA) is 75.3 Å². The Morgan fingerprint density at radius 1 is 1.00 bits per heavy atom. The number of carbonyl (C=O) groups excluding carboxylic acids is 1. The first-order valence-corrected chi connectivity index (χ1v) is 10.8. The largest absolute Gasteiger partial charge is 0.323 e. The van der Waals surface area contributed by atoms with Crippen molar-refractivity contribution in [2.45, 2.75) is 50.0 Å². The fraction of sp³-hybridized carbons (Fsp3) is 0.318. The molecule has 1 fully saturated rings. The zero-order valence-electron chi connectivity index (χ0n) is 16.4. The van der Waals surface area contributed by atoms with E-state index in [1.54, 1.807) is 30.3 Å². The number of hydrogen-bond donors (Lipinski definition) is 2. The summed E-state index contributed by atoms with van der Waals surface area (Å²) in [5.74, 6) is -0.240. The van der Waals surface area contributed by atoms with Gasteiger partial charge in [-0.3, -0.25) is 4.79 Å². The van der Waals surface area contributed by atoms with Gasteiger partial charge in [-0.1, -0.05) is 45.0 Å². The Bertz CT molecular complexity index is 966. The average Bonchev–Trinajstić information content (AvgIpc) is 3.43. The number of anilines is 1. The monoisotopic (exact) mass is 398 g/mol. The molecule has 0 spiro atoms. The van der Waals surface area contributed by atoms with Crippen molar-refractivity contribution in [3.63, 3.8) is 0 Å². The van der Waals surface area contributed by atoms with E-state index in [9.17, 15) is 13.2 Å².